The first kappa shape index (κ1) is 17.5. The van der Waals surface area contributed by atoms with Crippen LogP contribution in [0.4, 0.5) is 5.82 Å². The number of anilines is 1. The van der Waals surface area contributed by atoms with Gasteiger partial charge in [-0.15, -0.1) is 0 Å². The molecule has 112 valence electrons. The van der Waals surface area contributed by atoms with Crippen molar-refractivity contribution in [2.45, 2.75) is 20.3 Å². The van der Waals surface area contributed by atoms with Gasteiger partial charge in [0.05, 0.1) is 11.2 Å². The molecule has 0 saturated carbocycles. The minimum atomic E-state index is -0.0732. The normalized spacial score (nSPS) is 18.0. The molecule has 5 heteroatoms. The van der Waals surface area contributed by atoms with Gasteiger partial charge in [0.1, 0.15) is 6.20 Å². The predicted octanol–water partition coefficient (Wildman–Crippen LogP) is 0.166. The van der Waals surface area contributed by atoms with E-state index < -0.39 is 0 Å². The molecule has 1 heterocycles. The Hall–Kier alpha value is -1.58. The summed E-state index contributed by atoms with van der Waals surface area (Å²) in [6.45, 7) is 4.04. The molecule has 3 nitrogen and oxygen atoms in total. The van der Waals surface area contributed by atoms with Gasteiger partial charge in [-0.05, 0) is 26.3 Å². The molecule has 1 unspecified atom stereocenters. The van der Waals surface area contributed by atoms with Crippen molar-refractivity contribution in [3.8, 4) is 0 Å². The largest absolute Gasteiger partial charge is 1.00 e. The number of ketones is 1. The molecule has 0 spiro atoms. The van der Waals surface area contributed by atoms with Crippen molar-refractivity contribution >= 4 is 29.4 Å². The van der Waals surface area contributed by atoms with E-state index in [2.05, 4.69) is 12.2 Å². The summed E-state index contributed by atoms with van der Waals surface area (Å²) in [4.78, 5) is 12.2. The number of nitrogens with two attached hydrogens (primary N) is 1. The first-order chi connectivity index (χ1) is 9.47. The first-order valence-corrected chi connectivity index (χ1v) is 6.88. The molecule has 1 aliphatic rings. The Bertz CT molecular complexity index is 633. The lowest BCUT2D eigenvalue weighted by Crippen LogP contribution is -3.00. The van der Waals surface area contributed by atoms with Gasteiger partial charge in [-0.1, -0.05) is 34.9 Å². The maximum atomic E-state index is 12.2. The smallest absolute Gasteiger partial charge is 0.277 e. The molecule has 2 N–H and O–H groups in total. The fourth-order valence-corrected chi connectivity index (χ4v) is 2.42. The van der Waals surface area contributed by atoms with Crippen LogP contribution >= 0.6 is 11.6 Å². The van der Waals surface area contributed by atoms with Crippen LogP contribution in [0.2, 0.25) is 5.02 Å². The summed E-state index contributed by atoms with van der Waals surface area (Å²) in [5.74, 6) is 0.537. The molecule has 0 saturated heterocycles. The van der Waals surface area contributed by atoms with Gasteiger partial charge in [-0.2, -0.15) is 0 Å². The van der Waals surface area contributed by atoms with Crippen LogP contribution in [-0.4, -0.2) is 5.78 Å². The van der Waals surface area contributed by atoms with Crippen molar-refractivity contribution in [1.29, 1.82) is 0 Å². The predicted molar refractivity (Wildman–Crippen MR) is 82.0 cm³/mol. The van der Waals surface area contributed by atoms with Crippen LogP contribution < -0.4 is 22.7 Å². The Morgan fingerprint density at radius 3 is 2.81 bits per heavy atom. The van der Waals surface area contributed by atoms with Gasteiger partial charge >= 0.3 is 0 Å². The van der Waals surface area contributed by atoms with E-state index in [1.807, 2.05) is 13.8 Å². The minimum Gasteiger partial charge on any atom is -1.00 e. The lowest BCUT2D eigenvalue weighted by Gasteiger charge is -2.17. The van der Waals surface area contributed by atoms with Crippen molar-refractivity contribution in [3.63, 3.8) is 0 Å². The van der Waals surface area contributed by atoms with E-state index in [0.717, 1.165) is 12.0 Å². The van der Waals surface area contributed by atoms with E-state index in [-0.39, 0.29) is 24.1 Å². The molecule has 1 atom stereocenters. The lowest BCUT2D eigenvalue weighted by molar-refractivity contribution is -0.552. The maximum absolute atomic E-state index is 12.2. The summed E-state index contributed by atoms with van der Waals surface area (Å²) in [7, 11) is 0. The fraction of sp³-hybridized carbons (Fsp3) is 0.250. The molecule has 0 bridgehead atoms. The summed E-state index contributed by atoms with van der Waals surface area (Å²) in [5.41, 5.74) is 8.13. The molecule has 1 aromatic heterocycles. The van der Waals surface area contributed by atoms with Crippen LogP contribution in [0.5, 0.6) is 0 Å². The van der Waals surface area contributed by atoms with E-state index in [9.17, 15) is 4.79 Å². The Kier molecular flexibility index (Phi) is 6.19. The van der Waals surface area contributed by atoms with Gasteiger partial charge in [-0.3, -0.25) is 10.5 Å². The monoisotopic (exact) mass is 324 g/mol. The molecule has 1 aromatic rings. The van der Waals surface area contributed by atoms with Crippen LogP contribution in [0.3, 0.4) is 0 Å². The topological polar surface area (TPSA) is 47.0 Å². The van der Waals surface area contributed by atoms with Gasteiger partial charge < -0.3 is 12.4 Å². The molecular weight excluding hydrogens is 307 g/mol. The summed E-state index contributed by atoms with van der Waals surface area (Å²) in [6.07, 6.45) is 9.79. The van der Waals surface area contributed by atoms with Crippen molar-refractivity contribution < 1.29 is 21.8 Å². The number of hydrogen-bond donors (Lipinski definition) is 1. The maximum Gasteiger partial charge on any atom is 0.277 e. The molecule has 0 aromatic carbocycles. The van der Waals surface area contributed by atoms with Crippen molar-refractivity contribution in [2.75, 3.05) is 5.73 Å². The zero-order chi connectivity index (χ0) is 14.7. The van der Waals surface area contributed by atoms with E-state index >= 15 is 0 Å². The second kappa shape index (κ2) is 7.43. The number of carbonyl (C=O) groups is 1. The molecule has 21 heavy (non-hydrogen) atoms. The van der Waals surface area contributed by atoms with Gasteiger partial charge in [0, 0.05) is 18.1 Å². The summed E-state index contributed by atoms with van der Waals surface area (Å²) >= 11 is 5.91. The summed E-state index contributed by atoms with van der Waals surface area (Å²) in [6, 6.07) is 3.42. The van der Waals surface area contributed by atoms with Crippen molar-refractivity contribution in [3.05, 3.63) is 52.7 Å². The number of rotatable bonds is 3. The Morgan fingerprint density at radius 2 is 2.14 bits per heavy atom. The molecule has 0 fully saturated rings. The second-order valence-electron chi connectivity index (χ2n) is 5.02. The lowest BCUT2D eigenvalue weighted by atomic mass is 9.86. The van der Waals surface area contributed by atoms with Crippen LogP contribution in [0.1, 0.15) is 20.3 Å². The zero-order valence-electron chi connectivity index (χ0n) is 12.0. The first-order valence-electron chi connectivity index (χ1n) is 6.50. The summed E-state index contributed by atoms with van der Waals surface area (Å²) in [5, 5.41) is 0.573. The van der Waals surface area contributed by atoms with Crippen LogP contribution in [0, 0.1) is 5.92 Å². The average Bonchev–Trinajstić information content (AvgIpc) is 2.39. The van der Waals surface area contributed by atoms with E-state index in [0.29, 0.717) is 10.8 Å². The number of allylic oxidation sites excluding steroid dienone is 5. The van der Waals surface area contributed by atoms with E-state index in [1.54, 1.807) is 35.2 Å². The van der Waals surface area contributed by atoms with Crippen LogP contribution in [0.25, 0.3) is 6.20 Å². The SMILES string of the molecule is CC1=CCC(C(=O)/C=C/[n+]2cc(Cl)ccc2N)C(C)=C1.[Cl-]. The van der Waals surface area contributed by atoms with Crippen molar-refractivity contribution in [1.82, 2.24) is 0 Å². The Morgan fingerprint density at radius 1 is 1.43 bits per heavy atom. The highest BCUT2D eigenvalue weighted by molar-refractivity contribution is 6.30. The number of carbonyl (C=O) groups excluding carboxylic acids is 1. The number of nitrogen functional groups attached to an aromatic ring is 1. The number of pyridine rings is 1. The average molecular weight is 325 g/mol. The number of hydrogen-bond acceptors (Lipinski definition) is 2. The standard InChI is InChI=1S/C16H17ClN2O.ClH/c1-11-3-5-14(12(2)9-11)15(20)7-8-19-10-13(17)4-6-16(19)18;/h3-4,6-10,14,18H,5H2,1-2H3;1H/b8-7+;. The van der Waals surface area contributed by atoms with Gasteiger partial charge in [0.2, 0.25) is 0 Å². The Balaban J connectivity index is 0.00000220. The minimum absolute atomic E-state index is 0. The third-order valence-corrected chi connectivity index (χ3v) is 3.62. The molecule has 1 aliphatic carbocycles. The molecule has 0 amide bonds. The van der Waals surface area contributed by atoms with Gasteiger partial charge in [0.15, 0.2) is 5.78 Å². The Labute approximate surface area is 136 Å². The molecule has 0 aliphatic heterocycles. The number of aromatic nitrogens is 1. The third kappa shape index (κ3) is 4.45. The second-order valence-corrected chi connectivity index (χ2v) is 5.46. The highest BCUT2D eigenvalue weighted by Gasteiger charge is 2.19. The van der Waals surface area contributed by atoms with E-state index in [1.165, 1.54) is 5.57 Å². The van der Waals surface area contributed by atoms with Crippen LogP contribution in [-0.2, 0) is 4.79 Å². The number of halogens is 2. The quantitative estimate of drug-likeness (QED) is 0.636. The summed E-state index contributed by atoms with van der Waals surface area (Å²) < 4.78 is 1.64. The fourth-order valence-electron chi connectivity index (χ4n) is 2.25. The highest BCUT2D eigenvalue weighted by atomic mass is 35.5. The molecule has 0 radical (unpaired) electrons. The van der Waals surface area contributed by atoms with Crippen LogP contribution in [0.15, 0.2) is 47.7 Å². The van der Waals surface area contributed by atoms with Gasteiger partial charge in [-0.25, -0.2) is 4.57 Å². The van der Waals surface area contributed by atoms with Gasteiger partial charge in [0.25, 0.3) is 5.82 Å². The highest BCUT2D eigenvalue weighted by Crippen LogP contribution is 2.24. The molecule has 2 rings (SSSR count). The molecular formula is C16H18Cl2N2O. The zero-order valence-corrected chi connectivity index (χ0v) is 13.5. The van der Waals surface area contributed by atoms with E-state index in [4.69, 9.17) is 17.3 Å². The third-order valence-electron chi connectivity index (χ3n) is 3.40. The number of nitrogens with zero attached hydrogens (tertiary/aromatic N) is 1. The van der Waals surface area contributed by atoms with Crippen molar-refractivity contribution in [2.24, 2.45) is 5.92 Å².